The van der Waals surface area contributed by atoms with Gasteiger partial charge in [0.1, 0.15) is 0 Å². The van der Waals surface area contributed by atoms with Crippen LogP contribution in [-0.2, 0) is 13.2 Å². The lowest BCUT2D eigenvalue weighted by Crippen LogP contribution is -2.13. The molecular weight excluding hydrogens is 315 g/mol. The van der Waals surface area contributed by atoms with Gasteiger partial charge in [-0.25, -0.2) is 0 Å². The zero-order chi connectivity index (χ0) is 17.3. The molecule has 24 heavy (non-hydrogen) atoms. The fourth-order valence-electron chi connectivity index (χ4n) is 3.32. The van der Waals surface area contributed by atoms with Crippen LogP contribution in [0.2, 0.25) is 0 Å². The first kappa shape index (κ1) is 16.6. The fourth-order valence-corrected chi connectivity index (χ4v) is 3.32. The van der Waals surface area contributed by atoms with Crippen LogP contribution in [0.4, 0.5) is 13.2 Å². The molecule has 126 valence electrons. The molecule has 1 atom stereocenters. The maximum Gasteiger partial charge on any atom is 0.416 e. The van der Waals surface area contributed by atoms with Crippen molar-refractivity contribution in [2.45, 2.75) is 18.5 Å². The summed E-state index contributed by atoms with van der Waals surface area (Å²) in [5.74, 6) is -0.515. The lowest BCUT2D eigenvalue weighted by Gasteiger charge is -2.21. The number of hydrogen-bond acceptors (Lipinski definition) is 1. The number of benzene rings is 2. The van der Waals surface area contributed by atoms with E-state index >= 15 is 0 Å². The standard InChI is InChI=1S/C19H18F3NO/c1-23-12-16(15-7-3-5-9-18(15)23)13(10-11-24)14-6-2-4-8-17(14)19(20,21)22/h2-9,12-13,24H,10-11H2,1H3/t13-/m0/s1. The van der Waals surface area contributed by atoms with Crippen molar-refractivity contribution in [3.8, 4) is 0 Å². The van der Waals surface area contributed by atoms with Gasteiger partial charge < -0.3 is 9.67 Å². The normalized spacial score (nSPS) is 13.4. The Bertz CT molecular complexity index is 851. The van der Waals surface area contributed by atoms with E-state index in [0.29, 0.717) is 0 Å². The number of aryl methyl sites for hydroxylation is 1. The van der Waals surface area contributed by atoms with Crippen LogP contribution in [0.3, 0.4) is 0 Å². The SMILES string of the molecule is Cn1cc([C@@H](CCO)c2ccccc2C(F)(F)F)c2ccccc21. The zero-order valence-electron chi connectivity index (χ0n) is 13.2. The molecule has 0 saturated heterocycles. The first-order valence-electron chi connectivity index (χ1n) is 7.74. The van der Waals surface area contributed by atoms with Crippen molar-refractivity contribution in [3.63, 3.8) is 0 Å². The maximum atomic E-state index is 13.4. The second-order valence-electron chi connectivity index (χ2n) is 5.86. The Labute approximate surface area is 138 Å². The van der Waals surface area contributed by atoms with Crippen LogP contribution >= 0.6 is 0 Å². The Hall–Kier alpha value is -2.27. The molecule has 0 unspecified atom stereocenters. The van der Waals surface area contributed by atoms with Gasteiger partial charge >= 0.3 is 6.18 Å². The van der Waals surface area contributed by atoms with Crippen molar-refractivity contribution in [2.24, 2.45) is 7.05 Å². The molecule has 3 rings (SSSR count). The molecule has 0 spiro atoms. The van der Waals surface area contributed by atoms with Gasteiger partial charge in [-0.2, -0.15) is 13.2 Å². The molecule has 0 radical (unpaired) electrons. The minimum absolute atomic E-state index is 0.180. The summed E-state index contributed by atoms with van der Waals surface area (Å²) >= 11 is 0. The number of para-hydroxylation sites is 1. The number of aliphatic hydroxyl groups excluding tert-OH is 1. The van der Waals surface area contributed by atoms with E-state index in [-0.39, 0.29) is 18.6 Å². The Kier molecular flexibility index (Phi) is 4.37. The van der Waals surface area contributed by atoms with Gasteiger partial charge in [-0.15, -0.1) is 0 Å². The van der Waals surface area contributed by atoms with Crippen molar-refractivity contribution in [1.82, 2.24) is 4.57 Å². The highest BCUT2D eigenvalue weighted by atomic mass is 19.4. The first-order chi connectivity index (χ1) is 11.4. The van der Waals surface area contributed by atoms with E-state index in [9.17, 15) is 18.3 Å². The van der Waals surface area contributed by atoms with Crippen LogP contribution in [0.5, 0.6) is 0 Å². The highest BCUT2D eigenvalue weighted by molar-refractivity contribution is 5.85. The Morgan fingerprint density at radius 1 is 1.00 bits per heavy atom. The molecule has 0 aliphatic rings. The second-order valence-corrected chi connectivity index (χ2v) is 5.86. The molecule has 0 fully saturated rings. The smallest absolute Gasteiger partial charge is 0.396 e. The summed E-state index contributed by atoms with van der Waals surface area (Å²) in [5, 5.41) is 10.4. The lowest BCUT2D eigenvalue weighted by molar-refractivity contribution is -0.138. The first-order valence-corrected chi connectivity index (χ1v) is 7.74. The number of rotatable bonds is 4. The number of aromatic nitrogens is 1. The van der Waals surface area contributed by atoms with E-state index in [1.54, 1.807) is 6.07 Å². The summed E-state index contributed by atoms with van der Waals surface area (Å²) in [7, 11) is 1.87. The van der Waals surface area contributed by atoms with Crippen molar-refractivity contribution in [2.75, 3.05) is 6.61 Å². The maximum absolute atomic E-state index is 13.4. The van der Waals surface area contributed by atoms with E-state index in [1.807, 2.05) is 42.1 Å². The van der Waals surface area contributed by atoms with Gasteiger partial charge in [0.15, 0.2) is 0 Å². The van der Waals surface area contributed by atoms with Crippen LogP contribution in [-0.4, -0.2) is 16.3 Å². The summed E-state index contributed by atoms with van der Waals surface area (Å²) in [6.07, 6.45) is -2.33. The lowest BCUT2D eigenvalue weighted by atomic mass is 9.85. The number of fused-ring (bicyclic) bond motifs is 1. The predicted molar refractivity (Wildman–Crippen MR) is 87.9 cm³/mol. The van der Waals surface area contributed by atoms with Crippen LogP contribution in [0, 0.1) is 0 Å². The van der Waals surface area contributed by atoms with E-state index in [4.69, 9.17) is 0 Å². The number of aliphatic hydroxyl groups is 1. The minimum Gasteiger partial charge on any atom is -0.396 e. The van der Waals surface area contributed by atoms with Crippen molar-refractivity contribution >= 4 is 10.9 Å². The third kappa shape index (κ3) is 2.91. The topological polar surface area (TPSA) is 25.2 Å². The van der Waals surface area contributed by atoms with E-state index in [0.717, 1.165) is 22.5 Å². The summed E-state index contributed by atoms with van der Waals surface area (Å²) < 4.78 is 42.2. The quantitative estimate of drug-likeness (QED) is 0.735. The van der Waals surface area contributed by atoms with Gasteiger partial charge in [0.05, 0.1) is 5.56 Å². The number of nitrogens with zero attached hydrogens (tertiary/aromatic N) is 1. The predicted octanol–water partition coefficient (Wildman–Crippen LogP) is 4.71. The van der Waals surface area contributed by atoms with Crippen molar-refractivity contribution in [1.29, 1.82) is 0 Å². The highest BCUT2D eigenvalue weighted by Gasteiger charge is 2.35. The Morgan fingerprint density at radius 2 is 1.67 bits per heavy atom. The third-order valence-electron chi connectivity index (χ3n) is 4.36. The van der Waals surface area contributed by atoms with Gasteiger partial charge in [0.2, 0.25) is 0 Å². The monoisotopic (exact) mass is 333 g/mol. The van der Waals surface area contributed by atoms with E-state index < -0.39 is 17.7 Å². The summed E-state index contributed by atoms with van der Waals surface area (Å²) in [6, 6.07) is 13.2. The van der Waals surface area contributed by atoms with Crippen LogP contribution in [0.1, 0.15) is 29.0 Å². The van der Waals surface area contributed by atoms with Crippen LogP contribution in [0.15, 0.2) is 54.7 Å². The van der Waals surface area contributed by atoms with Crippen molar-refractivity contribution in [3.05, 3.63) is 71.4 Å². The molecule has 0 aliphatic heterocycles. The van der Waals surface area contributed by atoms with Gasteiger partial charge in [-0.3, -0.25) is 0 Å². The Balaban J connectivity index is 2.22. The zero-order valence-corrected chi connectivity index (χ0v) is 13.2. The highest BCUT2D eigenvalue weighted by Crippen LogP contribution is 2.40. The molecule has 1 heterocycles. The fraction of sp³-hybridized carbons (Fsp3) is 0.263. The molecule has 1 aromatic heterocycles. The molecule has 0 saturated carbocycles. The summed E-state index contributed by atoms with van der Waals surface area (Å²) in [4.78, 5) is 0. The average molecular weight is 333 g/mol. The summed E-state index contributed by atoms with van der Waals surface area (Å²) in [5.41, 5.74) is 1.32. The minimum atomic E-state index is -4.42. The van der Waals surface area contributed by atoms with Crippen LogP contribution in [0.25, 0.3) is 10.9 Å². The van der Waals surface area contributed by atoms with Gasteiger partial charge in [0, 0.05) is 36.7 Å². The molecule has 3 aromatic rings. The number of alkyl halides is 3. The van der Waals surface area contributed by atoms with E-state index in [1.165, 1.54) is 12.1 Å². The average Bonchev–Trinajstić information content (AvgIpc) is 2.89. The molecular formula is C19H18F3NO. The third-order valence-corrected chi connectivity index (χ3v) is 4.36. The molecule has 1 N–H and O–H groups in total. The Morgan fingerprint density at radius 3 is 2.38 bits per heavy atom. The summed E-state index contributed by atoms with van der Waals surface area (Å²) in [6.45, 7) is -0.180. The van der Waals surface area contributed by atoms with Gasteiger partial charge in [-0.05, 0) is 29.7 Å². The molecule has 0 bridgehead atoms. The molecule has 2 nitrogen and oxygen atoms in total. The largest absolute Gasteiger partial charge is 0.416 e. The van der Waals surface area contributed by atoms with Crippen LogP contribution < -0.4 is 0 Å². The molecule has 5 heteroatoms. The molecule has 0 amide bonds. The number of halogens is 3. The molecule has 0 aliphatic carbocycles. The van der Waals surface area contributed by atoms with E-state index in [2.05, 4.69) is 0 Å². The van der Waals surface area contributed by atoms with Gasteiger partial charge in [0.25, 0.3) is 0 Å². The van der Waals surface area contributed by atoms with Gasteiger partial charge in [-0.1, -0.05) is 36.4 Å². The second kappa shape index (κ2) is 6.32. The number of hydrogen-bond donors (Lipinski definition) is 1. The molecule has 2 aromatic carbocycles. The van der Waals surface area contributed by atoms with Crippen molar-refractivity contribution < 1.29 is 18.3 Å².